The number of fused-ring (bicyclic) bond motifs is 1. The fourth-order valence-corrected chi connectivity index (χ4v) is 3.17. The van der Waals surface area contributed by atoms with Crippen molar-refractivity contribution in [3.8, 4) is 0 Å². The third kappa shape index (κ3) is 2.94. The van der Waals surface area contributed by atoms with Gasteiger partial charge in [-0.2, -0.15) is 0 Å². The summed E-state index contributed by atoms with van der Waals surface area (Å²) < 4.78 is 7.09. The van der Waals surface area contributed by atoms with Crippen molar-refractivity contribution in [2.75, 3.05) is 31.2 Å². The molecule has 2 heterocycles. The molecule has 2 N–H and O–H groups in total. The highest BCUT2D eigenvalue weighted by atomic mass is 35.5. The number of nitrogens with two attached hydrogens (primary N) is 1. The van der Waals surface area contributed by atoms with Crippen LogP contribution >= 0.6 is 11.6 Å². The van der Waals surface area contributed by atoms with Gasteiger partial charge in [0.15, 0.2) is 0 Å². The molecule has 2 aromatic rings. The molecule has 0 amide bonds. The monoisotopic (exact) mass is 336 g/mol. The summed E-state index contributed by atoms with van der Waals surface area (Å²) in [7, 11) is 0. The van der Waals surface area contributed by atoms with Crippen LogP contribution in [0.3, 0.4) is 0 Å². The van der Waals surface area contributed by atoms with Crippen LogP contribution in [0.15, 0.2) is 16.9 Å². The lowest BCUT2D eigenvalue weighted by atomic mass is 10.1. The topological polar surface area (TPSA) is 73.4 Å². The predicted molar refractivity (Wildman–Crippen MR) is 92.3 cm³/mol. The lowest BCUT2D eigenvalue weighted by molar-refractivity contribution is 0.121. The maximum Gasteiger partial charge on any atom is 0.262 e. The Morgan fingerprint density at radius 2 is 2.09 bits per heavy atom. The Labute approximate surface area is 139 Å². The van der Waals surface area contributed by atoms with E-state index >= 15 is 0 Å². The van der Waals surface area contributed by atoms with Crippen LogP contribution in [0.4, 0.5) is 5.95 Å². The number of rotatable bonds is 3. The molecule has 0 aliphatic carbocycles. The van der Waals surface area contributed by atoms with Crippen LogP contribution in [-0.4, -0.2) is 35.9 Å². The number of morpholine rings is 1. The molecular formula is C16H21ClN4O2. The lowest BCUT2D eigenvalue weighted by Crippen LogP contribution is -2.40. The average Bonchev–Trinajstić information content (AvgIpc) is 2.55. The van der Waals surface area contributed by atoms with Gasteiger partial charge in [0.05, 0.1) is 24.1 Å². The molecule has 1 saturated heterocycles. The van der Waals surface area contributed by atoms with E-state index in [-0.39, 0.29) is 11.6 Å². The van der Waals surface area contributed by atoms with E-state index in [1.807, 2.05) is 13.8 Å². The van der Waals surface area contributed by atoms with Gasteiger partial charge in [-0.15, -0.1) is 0 Å². The van der Waals surface area contributed by atoms with Gasteiger partial charge >= 0.3 is 0 Å². The van der Waals surface area contributed by atoms with Gasteiger partial charge in [0, 0.05) is 30.7 Å². The second-order valence-electron chi connectivity index (χ2n) is 5.74. The summed E-state index contributed by atoms with van der Waals surface area (Å²) >= 11 is 6.17. The van der Waals surface area contributed by atoms with Crippen molar-refractivity contribution in [1.29, 1.82) is 0 Å². The third-order valence-corrected chi connectivity index (χ3v) is 4.35. The van der Waals surface area contributed by atoms with Crippen molar-refractivity contribution in [1.82, 2.24) is 9.55 Å². The van der Waals surface area contributed by atoms with Crippen LogP contribution in [0, 0.1) is 0 Å². The molecule has 0 radical (unpaired) electrons. The number of hydrogen-bond acceptors (Lipinski definition) is 5. The highest BCUT2D eigenvalue weighted by molar-refractivity contribution is 6.31. The molecule has 0 saturated carbocycles. The average molecular weight is 337 g/mol. The number of halogens is 1. The number of aromatic nitrogens is 2. The zero-order valence-electron chi connectivity index (χ0n) is 13.4. The molecule has 0 spiro atoms. The quantitative estimate of drug-likeness (QED) is 0.927. The van der Waals surface area contributed by atoms with E-state index in [0.717, 1.165) is 18.7 Å². The zero-order chi connectivity index (χ0) is 16.6. The van der Waals surface area contributed by atoms with Crippen molar-refractivity contribution in [2.24, 2.45) is 5.73 Å². The number of nitrogens with zero attached hydrogens (tertiary/aromatic N) is 3. The van der Waals surface area contributed by atoms with Gasteiger partial charge in [-0.3, -0.25) is 9.36 Å². The summed E-state index contributed by atoms with van der Waals surface area (Å²) in [6.45, 7) is 7.08. The standard InChI is InChI=1S/C16H21ClN4O2/c1-3-21-15(22)13-9-11(17)8-12(10(2)18)14(13)19-16(21)20-4-6-23-7-5-20/h8-10H,3-7,18H2,1-2H3. The van der Waals surface area contributed by atoms with E-state index in [1.165, 1.54) is 0 Å². The molecule has 1 aliphatic rings. The summed E-state index contributed by atoms with van der Waals surface area (Å²) in [6, 6.07) is 3.21. The first-order valence-corrected chi connectivity index (χ1v) is 8.23. The molecule has 3 rings (SSSR count). The molecule has 0 bridgehead atoms. The first-order valence-electron chi connectivity index (χ1n) is 7.85. The van der Waals surface area contributed by atoms with Gasteiger partial charge in [-0.05, 0) is 31.5 Å². The molecule has 1 atom stereocenters. The SMILES string of the molecule is CCn1c(N2CCOCC2)nc2c(C(C)N)cc(Cl)cc2c1=O. The van der Waals surface area contributed by atoms with E-state index < -0.39 is 0 Å². The minimum atomic E-state index is -0.252. The van der Waals surface area contributed by atoms with Crippen molar-refractivity contribution in [2.45, 2.75) is 26.4 Å². The number of benzene rings is 1. The molecule has 7 heteroatoms. The summed E-state index contributed by atoms with van der Waals surface area (Å²) in [6.07, 6.45) is 0. The summed E-state index contributed by atoms with van der Waals surface area (Å²) in [5.41, 5.74) is 7.41. The molecule has 1 aromatic carbocycles. The largest absolute Gasteiger partial charge is 0.378 e. The molecule has 1 fully saturated rings. The Morgan fingerprint density at radius 3 is 2.70 bits per heavy atom. The smallest absolute Gasteiger partial charge is 0.262 e. The van der Waals surface area contributed by atoms with E-state index in [9.17, 15) is 4.79 Å². The number of ether oxygens (including phenoxy) is 1. The summed E-state index contributed by atoms with van der Waals surface area (Å²) in [5, 5.41) is 1.02. The normalized spacial score (nSPS) is 16.8. The fourth-order valence-electron chi connectivity index (χ4n) is 2.94. The van der Waals surface area contributed by atoms with E-state index in [1.54, 1.807) is 16.7 Å². The van der Waals surface area contributed by atoms with Crippen molar-refractivity contribution >= 4 is 28.5 Å². The van der Waals surface area contributed by atoms with Gasteiger partial charge < -0.3 is 15.4 Å². The molecule has 124 valence electrons. The van der Waals surface area contributed by atoms with Crippen LogP contribution in [0.5, 0.6) is 0 Å². The summed E-state index contributed by atoms with van der Waals surface area (Å²) in [5.74, 6) is 0.678. The number of anilines is 1. The first kappa shape index (κ1) is 16.2. The minimum Gasteiger partial charge on any atom is -0.378 e. The van der Waals surface area contributed by atoms with Gasteiger partial charge in [0.2, 0.25) is 5.95 Å². The van der Waals surface area contributed by atoms with Crippen LogP contribution in [0.1, 0.15) is 25.5 Å². The Hall–Kier alpha value is -1.63. The van der Waals surface area contributed by atoms with Crippen molar-refractivity contribution in [3.63, 3.8) is 0 Å². The van der Waals surface area contributed by atoms with Gasteiger partial charge in [-0.25, -0.2) is 4.98 Å². The minimum absolute atomic E-state index is 0.0802. The lowest BCUT2D eigenvalue weighted by Gasteiger charge is -2.30. The van der Waals surface area contributed by atoms with E-state index in [0.29, 0.717) is 41.6 Å². The summed E-state index contributed by atoms with van der Waals surface area (Å²) in [4.78, 5) is 19.8. The second kappa shape index (κ2) is 6.47. The highest BCUT2D eigenvalue weighted by Gasteiger charge is 2.21. The fraction of sp³-hybridized carbons (Fsp3) is 0.500. The molecule has 6 nitrogen and oxygen atoms in total. The Kier molecular flexibility index (Phi) is 4.57. The molecule has 1 unspecified atom stereocenters. The molecular weight excluding hydrogens is 316 g/mol. The highest BCUT2D eigenvalue weighted by Crippen LogP contribution is 2.26. The van der Waals surface area contributed by atoms with Gasteiger partial charge in [-0.1, -0.05) is 11.6 Å². The van der Waals surface area contributed by atoms with Crippen molar-refractivity contribution < 1.29 is 4.74 Å². The van der Waals surface area contributed by atoms with Gasteiger partial charge in [0.25, 0.3) is 5.56 Å². The third-order valence-electron chi connectivity index (χ3n) is 4.13. The van der Waals surface area contributed by atoms with Crippen LogP contribution in [0.2, 0.25) is 5.02 Å². The molecule has 1 aliphatic heterocycles. The Morgan fingerprint density at radius 1 is 1.39 bits per heavy atom. The van der Waals surface area contributed by atoms with Crippen LogP contribution in [0.25, 0.3) is 10.9 Å². The molecule has 23 heavy (non-hydrogen) atoms. The van der Waals surface area contributed by atoms with Crippen molar-refractivity contribution in [3.05, 3.63) is 33.1 Å². The van der Waals surface area contributed by atoms with Gasteiger partial charge in [0.1, 0.15) is 0 Å². The first-order chi connectivity index (χ1) is 11.0. The zero-order valence-corrected chi connectivity index (χ0v) is 14.1. The van der Waals surface area contributed by atoms with E-state index in [4.69, 9.17) is 27.1 Å². The van der Waals surface area contributed by atoms with Crippen LogP contribution in [-0.2, 0) is 11.3 Å². The Bertz CT molecular complexity index is 782. The predicted octanol–water partition coefficient (Wildman–Crippen LogP) is 1.93. The maximum atomic E-state index is 12.9. The van der Waals surface area contributed by atoms with Crippen LogP contribution < -0.4 is 16.2 Å². The maximum absolute atomic E-state index is 12.9. The second-order valence-corrected chi connectivity index (χ2v) is 6.18. The molecule has 1 aromatic heterocycles. The van der Waals surface area contributed by atoms with E-state index in [2.05, 4.69) is 4.90 Å². The Balaban J connectivity index is 2.30. The number of hydrogen-bond donors (Lipinski definition) is 1.